The van der Waals surface area contributed by atoms with Crippen LogP contribution in [0.4, 0.5) is 0 Å². The van der Waals surface area contributed by atoms with Crippen molar-refractivity contribution in [2.45, 2.75) is 70.6 Å². The van der Waals surface area contributed by atoms with E-state index in [-0.39, 0.29) is 0 Å². The standard InChI is InChI=1S/C15H30S2/c16-12-8-4-2-1-3-5-9-13-17-14-15-10-6-7-11-15/h15-16H,1-14H2. The minimum atomic E-state index is 1.07. The molecule has 0 atom stereocenters. The van der Waals surface area contributed by atoms with E-state index >= 15 is 0 Å². The second-order valence-corrected chi connectivity index (χ2v) is 7.02. The molecule has 0 N–H and O–H groups in total. The highest BCUT2D eigenvalue weighted by molar-refractivity contribution is 7.99. The molecule has 17 heavy (non-hydrogen) atoms. The van der Waals surface area contributed by atoms with Crippen LogP contribution in [0.1, 0.15) is 70.6 Å². The van der Waals surface area contributed by atoms with Crippen LogP contribution in [0.25, 0.3) is 0 Å². The molecule has 1 aliphatic carbocycles. The maximum Gasteiger partial charge on any atom is -0.00391 e. The summed E-state index contributed by atoms with van der Waals surface area (Å²) in [6, 6.07) is 0. The lowest BCUT2D eigenvalue weighted by atomic mass is 10.1. The van der Waals surface area contributed by atoms with Crippen LogP contribution >= 0.6 is 24.4 Å². The minimum absolute atomic E-state index is 1.07. The Kier molecular flexibility index (Phi) is 10.9. The largest absolute Gasteiger partial charge is 0.179 e. The molecule has 102 valence electrons. The van der Waals surface area contributed by atoms with Crippen LogP contribution in [0.15, 0.2) is 0 Å². The maximum absolute atomic E-state index is 4.24. The summed E-state index contributed by atoms with van der Waals surface area (Å²) in [5.74, 6) is 4.99. The lowest BCUT2D eigenvalue weighted by Gasteiger charge is -2.07. The fraction of sp³-hybridized carbons (Fsp3) is 1.00. The first kappa shape index (κ1) is 15.8. The Morgan fingerprint density at radius 3 is 2.06 bits per heavy atom. The molecule has 0 unspecified atom stereocenters. The number of thiol groups is 1. The summed E-state index contributed by atoms with van der Waals surface area (Å²) in [6.07, 6.45) is 15.9. The predicted octanol–water partition coefficient (Wildman–Crippen LogP) is 5.57. The van der Waals surface area contributed by atoms with E-state index in [1.807, 2.05) is 0 Å². The lowest BCUT2D eigenvalue weighted by molar-refractivity contribution is 0.603. The Morgan fingerprint density at radius 2 is 1.41 bits per heavy atom. The van der Waals surface area contributed by atoms with Crippen molar-refractivity contribution in [3.8, 4) is 0 Å². The van der Waals surface area contributed by atoms with Crippen LogP contribution in [0, 0.1) is 5.92 Å². The number of unbranched alkanes of at least 4 members (excludes halogenated alkanes) is 6. The molecular formula is C15H30S2. The van der Waals surface area contributed by atoms with Gasteiger partial charge in [-0.3, -0.25) is 0 Å². The molecule has 2 heteroatoms. The van der Waals surface area contributed by atoms with E-state index in [4.69, 9.17) is 0 Å². The van der Waals surface area contributed by atoms with Gasteiger partial charge in [0.15, 0.2) is 0 Å². The number of hydrogen-bond donors (Lipinski definition) is 1. The highest BCUT2D eigenvalue weighted by Gasteiger charge is 2.13. The van der Waals surface area contributed by atoms with Crippen LogP contribution in [0.3, 0.4) is 0 Å². The molecule has 0 heterocycles. The average Bonchev–Trinajstić information content (AvgIpc) is 2.85. The van der Waals surface area contributed by atoms with Crippen LogP contribution in [-0.4, -0.2) is 17.3 Å². The van der Waals surface area contributed by atoms with Crippen LogP contribution in [0.2, 0.25) is 0 Å². The van der Waals surface area contributed by atoms with E-state index in [1.165, 1.54) is 82.1 Å². The Hall–Kier alpha value is 0.700. The van der Waals surface area contributed by atoms with Gasteiger partial charge in [-0.15, -0.1) is 0 Å². The molecule has 0 spiro atoms. The van der Waals surface area contributed by atoms with Crippen molar-refractivity contribution < 1.29 is 0 Å². The average molecular weight is 275 g/mol. The molecule has 0 bridgehead atoms. The molecule has 0 amide bonds. The van der Waals surface area contributed by atoms with Gasteiger partial charge in [0.2, 0.25) is 0 Å². The molecule has 0 aromatic heterocycles. The molecule has 0 aromatic rings. The van der Waals surface area contributed by atoms with Gasteiger partial charge in [-0.2, -0.15) is 24.4 Å². The molecule has 1 fully saturated rings. The third kappa shape index (κ3) is 9.30. The summed E-state index contributed by atoms with van der Waals surface area (Å²) in [6.45, 7) is 0. The van der Waals surface area contributed by atoms with Crippen molar-refractivity contribution >= 4 is 24.4 Å². The Morgan fingerprint density at radius 1 is 0.824 bits per heavy atom. The van der Waals surface area contributed by atoms with Crippen LogP contribution < -0.4 is 0 Å². The van der Waals surface area contributed by atoms with Gasteiger partial charge in [0.05, 0.1) is 0 Å². The topological polar surface area (TPSA) is 0 Å². The third-order valence-electron chi connectivity index (χ3n) is 3.78. The van der Waals surface area contributed by atoms with E-state index in [1.54, 1.807) is 0 Å². The predicted molar refractivity (Wildman–Crippen MR) is 85.5 cm³/mol. The Balaban J connectivity index is 1.69. The van der Waals surface area contributed by atoms with E-state index in [0.717, 1.165) is 11.7 Å². The van der Waals surface area contributed by atoms with Crippen molar-refractivity contribution in [2.24, 2.45) is 5.92 Å². The van der Waals surface area contributed by atoms with Crippen LogP contribution in [0.5, 0.6) is 0 Å². The summed E-state index contributed by atoms with van der Waals surface area (Å²) in [7, 11) is 0. The molecule has 0 radical (unpaired) electrons. The molecule has 1 rings (SSSR count). The molecular weight excluding hydrogens is 244 g/mol. The first-order valence-corrected chi connectivity index (χ1v) is 9.41. The fourth-order valence-electron chi connectivity index (χ4n) is 2.63. The molecule has 1 saturated carbocycles. The van der Waals surface area contributed by atoms with Crippen molar-refractivity contribution in [1.29, 1.82) is 0 Å². The zero-order valence-electron chi connectivity index (χ0n) is 11.3. The maximum atomic E-state index is 4.24. The lowest BCUT2D eigenvalue weighted by Crippen LogP contribution is -1.97. The van der Waals surface area contributed by atoms with Gasteiger partial charge in [0, 0.05) is 0 Å². The van der Waals surface area contributed by atoms with Crippen LogP contribution in [-0.2, 0) is 0 Å². The number of hydrogen-bond acceptors (Lipinski definition) is 2. The number of thioether (sulfide) groups is 1. The summed E-state index contributed by atoms with van der Waals surface area (Å²) in [4.78, 5) is 0. The van der Waals surface area contributed by atoms with Gasteiger partial charge >= 0.3 is 0 Å². The minimum Gasteiger partial charge on any atom is -0.179 e. The zero-order chi connectivity index (χ0) is 12.2. The smallest absolute Gasteiger partial charge is 0.00391 e. The fourth-order valence-corrected chi connectivity index (χ4v) is 4.09. The molecule has 0 aromatic carbocycles. The molecule has 0 aliphatic heterocycles. The van der Waals surface area contributed by atoms with E-state index in [2.05, 4.69) is 24.4 Å². The van der Waals surface area contributed by atoms with Gasteiger partial charge in [-0.05, 0) is 48.9 Å². The molecule has 0 saturated heterocycles. The summed E-state index contributed by atoms with van der Waals surface area (Å²) in [5.41, 5.74) is 0. The van der Waals surface area contributed by atoms with Crippen molar-refractivity contribution in [1.82, 2.24) is 0 Å². The van der Waals surface area contributed by atoms with E-state index < -0.39 is 0 Å². The van der Waals surface area contributed by atoms with Gasteiger partial charge < -0.3 is 0 Å². The van der Waals surface area contributed by atoms with Gasteiger partial charge in [0.25, 0.3) is 0 Å². The Bertz CT molecular complexity index is 153. The van der Waals surface area contributed by atoms with E-state index in [0.29, 0.717) is 0 Å². The first-order chi connectivity index (χ1) is 8.43. The second-order valence-electron chi connectivity index (χ2n) is 5.42. The van der Waals surface area contributed by atoms with Crippen molar-refractivity contribution in [3.63, 3.8) is 0 Å². The Labute approximate surface area is 118 Å². The second kappa shape index (κ2) is 11.8. The van der Waals surface area contributed by atoms with Gasteiger partial charge in [-0.1, -0.05) is 44.9 Å². The highest BCUT2D eigenvalue weighted by atomic mass is 32.2. The van der Waals surface area contributed by atoms with E-state index in [9.17, 15) is 0 Å². The van der Waals surface area contributed by atoms with Gasteiger partial charge in [-0.25, -0.2) is 0 Å². The quantitative estimate of drug-likeness (QED) is 0.379. The summed E-state index contributed by atoms with van der Waals surface area (Å²) in [5, 5.41) is 0. The van der Waals surface area contributed by atoms with Gasteiger partial charge in [0.1, 0.15) is 0 Å². The highest BCUT2D eigenvalue weighted by Crippen LogP contribution is 2.28. The first-order valence-electron chi connectivity index (χ1n) is 7.62. The normalized spacial score (nSPS) is 16.8. The zero-order valence-corrected chi connectivity index (χ0v) is 13.0. The SMILES string of the molecule is SCCCCCCCCCSCC1CCCC1. The third-order valence-corrected chi connectivity index (χ3v) is 5.38. The number of rotatable bonds is 11. The summed E-state index contributed by atoms with van der Waals surface area (Å²) >= 11 is 6.45. The van der Waals surface area contributed by atoms with Crippen molar-refractivity contribution in [3.05, 3.63) is 0 Å². The monoisotopic (exact) mass is 274 g/mol. The summed E-state index contributed by atoms with van der Waals surface area (Å²) < 4.78 is 0. The molecule has 1 aliphatic rings. The van der Waals surface area contributed by atoms with Crippen molar-refractivity contribution in [2.75, 3.05) is 17.3 Å². The molecule has 0 nitrogen and oxygen atoms in total.